The lowest BCUT2D eigenvalue weighted by Gasteiger charge is -2.25. The molecule has 1 saturated heterocycles. The van der Waals surface area contributed by atoms with Gasteiger partial charge < -0.3 is 4.90 Å². The van der Waals surface area contributed by atoms with Crippen LogP contribution in [0.2, 0.25) is 0 Å². The maximum Gasteiger partial charge on any atom is 0.254 e. The summed E-state index contributed by atoms with van der Waals surface area (Å²) >= 11 is 0. The molecule has 1 N–H and O–H groups in total. The quantitative estimate of drug-likeness (QED) is 0.775. The summed E-state index contributed by atoms with van der Waals surface area (Å²) in [6, 6.07) is 8.86. The van der Waals surface area contributed by atoms with E-state index in [9.17, 15) is 4.79 Å². The highest BCUT2D eigenvalue weighted by atomic mass is 16.2. The number of carbonyl (C=O) groups excluding carboxylic acids is 1. The zero-order chi connectivity index (χ0) is 19.3. The zero-order valence-corrected chi connectivity index (χ0v) is 16.9. The standard InChI is InChI=1S/C23H30N4O/c1-16-21(18-11-19-12-23(19,2)25-13-18)24-15-27(16)10-6-5-9-26-14-17-7-3-4-8-20(17)22(26)28/h3-4,7-8,11,13,16,19,21,24H,5-6,9-10,12,14-15H2,1-2H3. The topological polar surface area (TPSA) is 47.9 Å². The highest BCUT2D eigenvalue weighted by Crippen LogP contribution is 2.50. The third kappa shape index (κ3) is 3.11. The fourth-order valence-corrected chi connectivity index (χ4v) is 4.99. The van der Waals surface area contributed by atoms with E-state index in [4.69, 9.17) is 4.99 Å². The van der Waals surface area contributed by atoms with Crippen molar-refractivity contribution in [3.8, 4) is 0 Å². The van der Waals surface area contributed by atoms with Crippen LogP contribution in [-0.2, 0) is 6.54 Å². The molecule has 3 heterocycles. The summed E-state index contributed by atoms with van der Waals surface area (Å²) in [6.45, 7) is 8.21. The Kier molecular flexibility index (Phi) is 4.40. The molecule has 5 heteroatoms. The molecule has 3 aliphatic heterocycles. The molecule has 5 nitrogen and oxygen atoms in total. The SMILES string of the molecule is CC1C(C2=CC3CC3(C)N=C2)NCN1CCCCN1Cc2ccccc2C1=O. The van der Waals surface area contributed by atoms with E-state index in [2.05, 4.69) is 42.4 Å². The Morgan fingerprint density at radius 1 is 1.25 bits per heavy atom. The highest BCUT2D eigenvalue weighted by molar-refractivity contribution is 5.98. The summed E-state index contributed by atoms with van der Waals surface area (Å²) in [5.41, 5.74) is 3.63. The number of hydrogen-bond acceptors (Lipinski definition) is 4. The summed E-state index contributed by atoms with van der Waals surface area (Å²) in [5.74, 6) is 0.847. The van der Waals surface area contributed by atoms with Crippen LogP contribution in [-0.4, -0.2) is 59.3 Å². The van der Waals surface area contributed by atoms with Crippen molar-refractivity contribution in [2.75, 3.05) is 19.8 Å². The monoisotopic (exact) mass is 378 g/mol. The number of amides is 1. The van der Waals surface area contributed by atoms with Crippen molar-refractivity contribution in [3.63, 3.8) is 0 Å². The first-order chi connectivity index (χ1) is 13.5. The molecule has 2 fully saturated rings. The van der Waals surface area contributed by atoms with E-state index >= 15 is 0 Å². The maximum atomic E-state index is 12.5. The van der Waals surface area contributed by atoms with Gasteiger partial charge in [0.25, 0.3) is 5.91 Å². The van der Waals surface area contributed by atoms with Crippen molar-refractivity contribution in [3.05, 3.63) is 47.0 Å². The van der Waals surface area contributed by atoms with Crippen LogP contribution in [0.25, 0.3) is 0 Å². The van der Waals surface area contributed by atoms with E-state index in [-0.39, 0.29) is 11.4 Å². The molecule has 1 amide bonds. The lowest BCUT2D eigenvalue weighted by Crippen LogP contribution is -2.36. The minimum Gasteiger partial charge on any atom is -0.334 e. The van der Waals surface area contributed by atoms with Gasteiger partial charge in [-0.3, -0.25) is 20.0 Å². The van der Waals surface area contributed by atoms with Gasteiger partial charge in [-0.15, -0.1) is 0 Å². The Morgan fingerprint density at radius 2 is 2.07 bits per heavy atom. The summed E-state index contributed by atoms with van der Waals surface area (Å²) in [7, 11) is 0. The molecule has 4 unspecified atom stereocenters. The molecule has 0 spiro atoms. The number of nitrogens with one attached hydrogen (secondary N) is 1. The summed E-state index contributed by atoms with van der Waals surface area (Å²) in [6.07, 6.45) is 7.93. The van der Waals surface area contributed by atoms with Crippen LogP contribution in [0.3, 0.4) is 0 Å². The Labute approximate surface area is 167 Å². The Morgan fingerprint density at radius 3 is 2.89 bits per heavy atom. The number of dihydropyridines is 1. The second kappa shape index (κ2) is 6.82. The van der Waals surface area contributed by atoms with Gasteiger partial charge in [0, 0.05) is 49.5 Å². The normalized spacial score (nSPS) is 33.8. The smallest absolute Gasteiger partial charge is 0.254 e. The van der Waals surface area contributed by atoms with Crippen LogP contribution in [0, 0.1) is 5.92 Å². The van der Waals surface area contributed by atoms with Crippen molar-refractivity contribution in [1.82, 2.24) is 15.1 Å². The van der Waals surface area contributed by atoms with Crippen molar-refractivity contribution in [2.24, 2.45) is 10.9 Å². The third-order valence-electron chi connectivity index (χ3n) is 7.13. The lowest BCUT2D eigenvalue weighted by atomic mass is 9.98. The van der Waals surface area contributed by atoms with E-state index in [0.29, 0.717) is 18.0 Å². The fraction of sp³-hybridized carbons (Fsp3) is 0.565. The van der Waals surface area contributed by atoms with Gasteiger partial charge in [-0.05, 0) is 56.9 Å². The molecule has 148 valence electrons. The predicted octanol–water partition coefficient (Wildman–Crippen LogP) is 2.83. The van der Waals surface area contributed by atoms with Crippen molar-refractivity contribution in [1.29, 1.82) is 0 Å². The van der Waals surface area contributed by atoms with Gasteiger partial charge in [0.05, 0.1) is 5.54 Å². The van der Waals surface area contributed by atoms with E-state index in [1.165, 1.54) is 17.6 Å². The summed E-state index contributed by atoms with van der Waals surface area (Å²) in [5, 5.41) is 3.68. The molecule has 4 aliphatic rings. The van der Waals surface area contributed by atoms with Crippen LogP contribution >= 0.6 is 0 Å². The van der Waals surface area contributed by atoms with Gasteiger partial charge in [-0.25, -0.2) is 0 Å². The number of carbonyl (C=O) groups is 1. The molecule has 0 aromatic heterocycles. The summed E-state index contributed by atoms with van der Waals surface area (Å²) < 4.78 is 0. The van der Waals surface area contributed by atoms with E-state index in [1.807, 2.05) is 23.1 Å². The van der Waals surface area contributed by atoms with E-state index in [0.717, 1.165) is 44.7 Å². The van der Waals surface area contributed by atoms with E-state index < -0.39 is 0 Å². The second-order valence-corrected chi connectivity index (χ2v) is 9.08. The molecule has 5 rings (SSSR count). The van der Waals surface area contributed by atoms with Crippen LogP contribution in [0.5, 0.6) is 0 Å². The minimum absolute atomic E-state index is 0.197. The van der Waals surface area contributed by atoms with Gasteiger partial charge in [-0.1, -0.05) is 24.3 Å². The van der Waals surface area contributed by atoms with Crippen LogP contribution in [0.1, 0.15) is 49.0 Å². The first kappa shape index (κ1) is 18.1. The van der Waals surface area contributed by atoms with Gasteiger partial charge in [-0.2, -0.15) is 0 Å². The number of nitrogens with zero attached hydrogens (tertiary/aromatic N) is 3. The fourth-order valence-electron chi connectivity index (χ4n) is 4.99. The number of fused-ring (bicyclic) bond motifs is 2. The molecule has 4 atom stereocenters. The molecule has 0 radical (unpaired) electrons. The molecule has 1 aliphatic carbocycles. The molecule has 28 heavy (non-hydrogen) atoms. The number of benzene rings is 1. The van der Waals surface area contributed by atoms with E-state index in [1.54, 1.807) is 0 Å². The average molecular weight is 379 g/mol. The minimum atomic E-state index is 0.197. The van der Waals surface area contributed by atoms with Gasteiger partial charge >= 0.3 is 0 Å². The lowest BCUT2D eigenvalue weighted by molar-refractivity contribution is 0.0774. The van der Waals surface area contributed by atoms with Crippen molar-refractivity contribution < 1.29 is 4.79 Å². The first-order valence-electron chi connectivity index (χ1n) is 10.7. The maximum absolute atomic E-state index is 12.5. The predicted molar refractivity (Wildman–Crippen MR) is 111 cm³/mol. The Hall–Kier alpha value is -1.98. The van der Waals surface area contributed by atoms with Crippen LogP contribution < -0.4 is 5.32 Å². The highest BCUT2D eigenvalue weighted by Gasteiger charge is 2.50. The number of hydrogen-bond donors (Lipinski definition) is 1. The summed E-state index contributed by atoms with van der Waals surface area (Å²) in [4.78, 5) is 21.8. The van der Waals surface area contributed by atoms with Gasteiger partial charge in [0.15, 0.2) is 0 Å². The van der Waals surface area contributed by atoms with Crippen molar-refractivity contribution in [2.45, 2.75) is 57.3 Å². The third-order valence-corrected chi connectivity index (χ3v) is 7.13. The number of rotatable bonds is 6. The average Bonchev–Trinajstić information content (AvgIpc) is 3.09. The zero-order valence-electron chi connectivity index (χ0n) is 16.9. The largest absolute Gasteiger partial charge is 0.334 e. The van der Waals surface area contributed by atoms with Gasteiger partial charge in [0.1, 0.15) is 0 Å². The molecule has 1 aromatic rings. The molecular weight excluding hydrogens is 348 g/mol. The Bertz CT molecular complexity index is 847. The van der Waals surface area contributed by atoms with Crippen LogP contribution in [0.4, 0.5) is 0 Å². The molecular formula is C23H30N4O. The Balaban J connectivity index is 1.09. The number of unbranched alkanes of at least 4 members (excludes halogenated alkanes) is 1. The van der Waals surface area contributed by atoms with Crippen molar-refractivity contribution >= 4 is 12.1 Å². The first-order valence-corrected chi connectivity index (χ1v) is 10.7. The molecule has 1 aromatic carbocycles. The van der Waals surface area contributed by atoms with Gasteiger partial charge in [0.2, 0.25) is 0 Å². The number of aliphatic imine (C=N–C) groups is 1. The van der Waals surface area contributed by atoms with Crippen LogP contribution in [0.15, 0.2) is 40.9 Å². The second-order valence-electron chi connectivity index (χ2n) is 9.08. The molecule has 0 bridgehead atoms. The molecule has 1 saturated carbocycles.